The number of fused-ring (bicyclic) bond motifs is 1. The highest BCUT2D eigenvalue weighted by atomic mass is 19.1. The first-order chi connectivity index (χ1) is 13.3. The second-order valence-electron chi connectivity index (χ2n) is 7.68. The molecule has 6 heteroatoms. The third kappa shape index (κ3) is 4.02. The van der Waals surface area contributed by atoms with E-state index in [0.29, 0.717) is 16.5 Å². The minimum absolute atomic E-state index is 0.162. The summed E-state index contributed by atoms with van der Waals surface area (Å²) in [5.74, 6) is -0.796. The van der Waals surface area contributed by atoms with E-state index in [4.69, 9.17) is 0 Å². The maximum absolute atomic E-state index is 14.2. The van der Waals surface area contributed by atoms with Gasteiger partial charge in [0.25, 0.3) is 5.91 Å². The highest BCUT2D eigenvalue weighted by Gasteiger charge is 2.22. The van der Waals surface area contributed by atoms with Crippen LogP contribution in [0.3, 0.4) is 0 Å². The van der Waals surface area contributed by atoms with E-state index in [0.717, 1.165) is 36.1 Å². The van der Waals surface area contributed by atoms with Gasteiger partial charge >= 0.3 is 0 Å². The van der Waals surface area contributed by atoms with Gasteiger partial charge in [0.1, 0.15) is 5.82 Å². The average Bonchev–Trinajstić information content (AvgIpc) is 3.04. The predicted octanol–water partition coefficient (Wildman–Crippen LogP) is 4.37. The second-order valence-corrected chi connectivity index (χ2v) is 7.68. The standard InChI is InChI=1S/C22H28FN3O2/c1-5-6-15-9-14(4)25-22(28)19(15)12-24-21(27)18-10-16(23)11-20-17(18)7-8-26(20)13(2)3/h7-8,10-11,13,22,28H,5-6,9,12H2,1-4H3,(H,24,27). The van der Waals surface area contributed by atoms with Crippen molar-refractivity contribution in [3.8, 4) is 0 Å². The Hall–Kier alpha value is -2.47. The van der Waals surface area contributed by atoms with Crippen LogP contribution >= 0.6 is 0 Å². The lowest BCUT2D eigenvalue weighted by atomic mass is 9.94. The molecule has 28 heavy (non-hydrogen) atoms. The molecule has 2 N–H and O–H groups in total. The Balaban J connectivity index is 1.86. The van der Waals surface area contributed by atoms with Crippen molar-refractivity contribution in [2.24, 2.45) is 4.99 Å². The lowest BCUT2D eigenvalue weighted by molar-refractivity contribution is 0.0955. The number of aliphatic hydroxyl groups excluding tert-OH is 1. The van der Waals surface area contributed by atoms with Gasteiger partial charge in [0, 0.05) is 36.3 Å². The minimum Gasteiger partial charge on any atom is -0.368 e. The summed E-state index contributed by atoms with van der Waals surface area (Å²) in [6.45, 7) is 8.21. The lowest BCUT2D eigenvalue weighted by Gasteiger charge is -2.23. The number of hydrogen-bond donors (Lipinski definition) is 2. The Morgan fingerprint density at radius 3 is 2.86 bits per heavy atom. The van der Waals surface area contributed by atoms with Crippen molar-refractivity contribution < 1.29 is 14.3 Å². The highest BCUT2D eigenvalue weighted by molar-refractivity contribution is 6.06. The van der Waals surface area contributed by atoms with Gasteiger partial charge in [-0.2, -0.15) is 0 Å². The van der Waals surface area contributed by atoms with Crippen molar-refractivity contribution in [1.82, 2.24) is 9.88 Å². The van der Waals surface area contributed by atoms with Crippen LogP contribution < -0.4 is 5.32 Å². The van der Waals surface area contributed by atoms with Crippen LogP contribution in [0.5, 0.6) is 0 Å². The van der Waals surface area contributed by atoms with Gasteiger partial charge in [0.15, 0.2) is 6.23 Å². The molecule has 1 aliphatic rings. The summed E-state index contributed by atoms with van der Waals surface area (Å²) >= 11 is 0. The molecule has 1 aromatic carbocycles. The number of hydrogen-bond acceptors (Lipinski definition) is 3. The van der Waals surface area contributed by atoms with Gasteiger partial charge in [-0.3, -0.25) is 9.79 Å². The number of carbonyl (C=O) groups excluding carboxylic acids is 1. The average molecular weight is 385 g/mol. The number of benzene rings is 1. The van der Waals surface area contributed by atoms with E-state index in [9.17, 15) is 14.3 Å². The van der Waals surface area contributed by atoms with Crippen LogP contribution in [-0.4, -0.2) is 34.1 Å². The molecule has 2 heterocycles. The fraction of sp³-hybridized carbons (Fsp3) is 0.455. The van der Waals surface area contributed by atoms with E-state index in [1.165, 1.54) is 12.1 Å². The number of aromatic nitrogens is 1. The number of nitrogens with one attached hydrogen (secondary N) is 1. The molecule has 0 bridgehead atoms. The van der Waals surface area contributed by atoms with Crippen molar-refractivity contribution >= 4 is 22.5 Å². The second kappa shape index (κ2) is 8.27. The zero-order chi connectivity index (χ0) is 20.4. The van der Waals surface area contributed by atoms with Gasteiger partial charge in [-0.15, -0.1) is 0 Å². The predicted molar refractivity (Wildman–Crippen MR) is 110 cm³/mol. The Kier molecular flexibility index (Phi) is 5.98. The minimum atomic E-state index is -0.926. The van der Waals surface area contributed by atoms with Gasteiger partial charge in [-0.1, -0.05) is 18.9 Å². The molecule has 0 radical (unpaired) electrons. The number of allylic oxidation sites excluding steroid dienone is 1. The van der Waals surface area contributed by atoms with Gasteiger partial charge in [-0.25, -0.2) is 4.39 Å². The molecule has 3 rings (SSSR count). The molecule has 0 aliphatic carbocycles. The first-order valence-electron chi connectivity index (χ1n) is 9.82. The molecule has 0 fully saturated rings. The van der Waals surface area contributed by atoms with Crippen molar-refractivity contribution in [2.75, 3.05) is 6.54 Å². The molecular weight excluding hydrogens is 357 g/mol. The van der Waals surface area contributed by atoms with Gasteiger partial charge in [0.05, 0.1) is 11.1 Å². The van der Waals surface area contributed by atoms with Gasteiger partial charge < -0.3 is 15.0 Å². The number of halogens is 1. The summed E-state index contributed by atoms with van der Waals surface area (Å²) in [6.07, 6.45) is 3.48. The Bertz CT molecular complexity index is 956. The molecule has 2 aromatic rings. The molecule has 1 aliphatic heterocycles. The van der Waals surface area contributed by atoms with Crippen molar-refractivity contribution in [3.05, 3.63) is 46.9 Å². The van der Waals surface area contributed by atoms with E-state index < -0.39 is 12.0 Å². The SMILES string of the molecule is CCCC1=C(CNC(=O)c2cc(F)cc3c2ccn3C(C)C)C(O)N=C(C)C1. The first kappa shape index (κ1) is 20.3. The van der Waals surface area contributed by atoms with Crippen LogP contribution in [0, 0.1) is 5.82 Å². The molecule has 1 unspecified atom stereocenters. The summed E-state index contributed by atoms with van der Waals surface area (Å²) < 4.78 is 16.1. The lowest BCUT2D eigenvalue weighted by Crippen LogP contribution is -2.31. The van der Waals surface area contributed by atoms with Crippen molar-refractivity contribution in [1.29, 1.82) is 0 Å². The molecular formula is C22H28FN3O2. The van der Waals surface area contributed by atoms with E-state index in [1.54, 1.807) is 0 Å². The molecule has 1 atom stereocenters. The number of nitrogens with zero attached hydrogens (tertiary/aromatic N) is 2. The van der Waals surface area contributed by atoms with Gasteiger partial charge in [-0.05, 0) is 51.0 Å². The first-order valence-corrected chi connectivity index (χ1v) is 9.82. The third-order valence-electron chi connectivity index (χ3n) is 5.17. The summed E-state index contributed by atoms with van der Waals surface area (Å²) in [7, 11) is 0. The van der Waals surface area contributed by atoms with E-state index >= 15 is 0 Å². The van der Waals surface area contributed by atoms with E-state index in [1.807, 2.05) is 37.6 Å². The fourth-order valence-corrected chi connectivity index (χ4v) is 3.84. The fourth-order valence-electron chi connectivity index (χ4n) is 3.84. The van der Waals surface area contributed by atoms with Crippen LogP contribution in [0.25, 0.3) is 10.9 Å². The molecule has 0 spiro atoms. The van der Waals surface area contributed by atoms with E-state index in [-0.39, 0.29) is 18.5 Å². The largest absolute Gasteiger partial charge is 0.368 e. The third-order valence-corrected chi connectivity index (χ3v) is 5.17. The van der Waals surface area contributed by atoms with Crippen molar-refractivity contribution in [2.45, 2.75) is 59.2 Å². The molecule has 1 amide bonds. The van der Waals surface area contributed by atoms with Crippen LogP contribution in [-0.2, 0) is 0 Å². The molecule has 150 valence electrons. The van der Waals surface area contributed by atoms with Crippen molar-refractivity contribution in [3.63, 3.8) is 0 Å². The zero-order valence-electron chi connectivity index (χ0n) is 16.9. The van der Waals surface area contributed by atoms with Crippen LogP contribution in [0.15, 0.2) is 40.5 Å². The zero-order valence-corrected chi connectivity index (χ0v) is 16.9. The topological polar surface area (TPSA) is 66.6 Å². The monoisotopic (exact) mass is 385 g/mol. The maximum Gasteiger partial charge on any atom is 0.252 e. The molecule has 0 saturated heterocycles. The Morgan fingerprint density at radius 2 is 2.18 bits per heavy atom. The molecule has 5 nitrogen and oxygen atoms in total. The quantitative estimate of drug-likeness (QED) is 0.725. The summed E-state index contributed by atoms with van der Waals surface area (Å²) in [5, 5.41) is 13.9. The van der Waals surface area contributed by atoms with Gasteiger partial charge in [0.2, 0.25) is 0 Å². The number of dihydropyridines is 1. The Morgan fingerprint density at radius 1 is 1.43 bits per heavy atom. The van der Waals surface area contributed by atoms with Crippen LogP contribution in [0.1, 0.15) is 63.4 Å². The number of amides is 1. The van der Waals surface area contributed by atoms with Crippen LogP contribution in [0.4, 0.5) is 4.39 Å². The molecule has 0 saturated carbocycles. The molecule has 1 aromatic heterocycles. The number of aliphatic hydroxyl groups is 1. The summed E-state index contributed by atoms with van der Waals surface area (Å²) in [6, 6.07) is 4.73. The van der Waals surface area contributed by atoms with Crippen LogP contribution in [0.2, 0.25) is 0 Å². The summed E-state index contributed by atoms with van der Waals surface area (Å²) in [4.78, 5) is 17.1. The normalized spacial score (nSPS) is 17.4. The Labute approximate surface area is 165 Å². The smallest absolute Gasteiger partial charge is 0.252 e. The summed E-state index contributed by atoms with van der Waals surface area (Å²) in [5.41, 5.74) is 3.76. The number of carbonyl (C=O) groups is 1. The number of aliphatic imine (C=N–C) groups is 1. The number of rotatable bonds is 6. The highest BCUT2D eigenvalue weighted by Crippen LogP contribution is 2.26. The van der Waals surface area contributed by atoms with E-state index in [2.05, 4.69) is 17.2 Å². The maximum atomic E-state index is 14.2.